The van der Waals surface area contributed by atoms with E-state index in [1.807, 2.05) is 43.5 Å². The summed E-state index contributed by atoms with van der Waals surface area (Å²) in [5.74, 6) is 1.91. The Bertz CT molecular complexity index is 783. The van der Waals surface area contributed by atoms with Crippen molar-refractivity contribution in [2.75, 3.05) is 13.2 Å². The molecule has 0 aliphatic carbocycles. The summed E-state index contributed by atoms with van der Waals surface area (Å²) in [4.78, 5) is 13.4. The van der Waals surface area contributed by atoms with E-state index in [2.05, 4.69) is 5.32 Å². The van der Waals surface area contributed by atoms with E-state index in [0.717, 1.165) is 11.3 Å². The molecule has 0 saturated heterocycles. The molecule has 2 aromatic rings. The second kappa shape index (κ2) is 5.70. The van der Waals surface area contributed by atoms with E-state index in [0.29, 0.717) is 36.0 Å². The maximum Gasteiger partial charge on any atom is 0.265 e. The summed E-state index contributed by atoms with van der Waals surface area (Å²) >= 11 is 1.35. The number of amides is 1. The predicted octanol–water partition coefficient (Wildman–Crippen LogP) is 3.55. The van der Waals surface area contributed by atoms with Gasteiger partial charge in [0.15, 0.2) is 11.5 Å². The topological polar surface area (TPSA) is 56.8 Å². The van der Waals surface area contributed by atoms with E-state index >= 15 is 0 Å². The fourth-order valence-electron chi connectivity index (χ4n) is 3.17. The van der Waals surface area contributed by atoms with Crippen molar-refractivity contribution in [1.82, 2.24) is 5.32 Å². The summed E-state index contributed by atoms with van der Waals surface area (Å²) < 4.78 is 17.2. The summed E-state index contributed by atoms with van der Waals surface area (Å²) in [7, 11) is 0. The van der Waals surface area contributed by atoms with Gasteiger partial charge in [-0.1, -0.05) is 18.2 Å². The number of carbonyl (C=O) groups is 1. The van der Waals surface area contributed by atoms with E-state index < -0.39 is 0 Å². The second-order valence-corrected chi connectivity index (χ2v) is 7.46. The molecule has 1 amide bonds. The molecular formula is C18H19NO4S. The fraction of sp³-hybridized carbons (Fsp3) is 0.389. The van der Waals surface area contributed by atoms with Crippen LogP contribution in [0, 0.1) is 0 Å². The van der Waals surface area contributed by atoms with Gasteiger partial charge in [-0.15, -0.1) is 11.3 Å². The van der Waals surface area contributed by atoms with Gasteiger partial charge in [0, 0.05) is 17.4 Å². The van der Waals surface area contributed by atoms with Crippen molar-refractivity contribution in [3.8, 4) is 17.2 Å². The maximum absolute atomic E-state index is 12.8. The minimum absolute atomic E-state index is 0.0975. The third kappa shape index (κ3) is 2.71. The van der Waals surface area contributed by atoms with Crippen molar-refractivity contribution in [3.05, 3.63) is 40.1 Å². The van der Waals surface area contributed by atoms with E-state index in [9.17, 15) is 4.79 Å². The average Bonchev–Trinajstić information content (AvgIpc) is 2.98. The molecule has 2 aliphatic rings. The molecule has 1 aromatic carbocycles. The number of hydrogen-bond donors (Lipinski definition) is 1. The fourth-order valence-corrected chi connectivity index (χ4v) is 4.01. The Balaban J connectivity index is 1.61. The molecule has 2 aliphatic heterocycles. The SMILES string of the molecule is CC1(C)CC(NC(=O)c2scc3c2OCCO3)c2ccccc2O1. The molecular weight excluding hydrogens is 326 g/mol. The van der Waals surface area contributed by atoms with Crippen LogP contribution in [0.25, 0.3) is 0 Å². The molecule has 1 N–H and O–H groups in total. The summed E-state index contributed by atoms with van der Waals surface area (Å²) in [6, 6.07) is 7.75. The van der Waals surface area contributed by atoms with Crippen LogP contribution in [0.15, 0.2) is 29.6 Å². The van der Waals surface area contributed by atoms with Crippen LogP contribution in [-0.4, -0.2) is 24.7 Å². The molecule has 1 atom stereocenters. The zero-order valence-corrected chi connectivity index (χ0v) is 14.4. The quantitative estimate of drug-likeness (QED) is 0.904. The van der Waals surface area contributed by atoms with Gasteiger partial charge < -0.3 is 19.5 Å². The molecule has 0 spiro atoms. The molecule has 0 radical (unpaired) electrons. The Morgan fingerprint density at radius 1 is 1.21 bits per heavy atom. The third-order valence-electron chi connectivity index (χ3n) is 4.19. The van der Waals surface area contributed by atoms with E-state index in [1.54, 1.807) is 0 Å². The Labute approximate surface area is 144 Å². The zero-order chi connectivity index (χ0) is 16.7. The highest BCUT2D eigenvalue weighted by Gasteiger charge is 2.35. The number of benzene rings is 1. The smallest absolute Gasteiger partial charge is 0.265 e. The van der Waals surface area contributed by atoms with Gasteiger partial charge in [0.05, 0.1) is 6.04 Å². The Hall–Kier alpha value is -2.21. The maximum atomic E-state index is 12.8. The predicted molar refractivity (Wildman–Crippen MR) is 91.3 cm³/mol. The summed E-state index contributed by atoms with van der Waals surface area (Å²) in [6.07, 6.45) is 0.709. The normalized spacial score (nSPS) is 20.7. The molecule has 3 heterocycles. The highest BCUT2D eigenvalue weighted by atomic mass is 32.1. The van der Waals surface area contributed by atoms with Crippen molar-refractivity contribution in [3.63, 3.8) is 0 Å². The number of ether oxygens (including phenoxy) is 3. The highest BCUT2D eigenvalue weighted by molar-refractivity contribution is 7.12. The average molecular weight is 345 g/mol. The Morgan fingerprint density at radius 2 is 2.00 bits per heavy atom. The third-order valence-corrected chi connectivity index (χ3v) is 5.13. The first kappa shape index (κ1) is 15.3. The number of rotatable bonds is 2. The van der Waals surface area contributed by atoms with Gasteiger partial charge >= 0.3 is 0 Å². The number of fused-ring (bicyclic) bond motifs is 2. The molecule has 0 bridgehead atoms. The van der Waals surface area contributed by atoms with Gasteiger partial charge in [-0.05, 0) is 19.9 Å². The molecule has 4 rings (SSSR count). The van der Waals surface area contributed by atoms with Crippen LogP contribution in [0.3, 0.4) is 0 Å². The second-order valence-electron chi connectivity index (χ2n) is 6.58. The van der Waals surface area contributed by atoms with Gasteiger partial charge in [-0.25, -0.2) is 0 Å². The molecule has 5 nitrogen and oxygen atoms in total. The molecule has 126 valence electrons. The molecule has 6 heteroatoms. The Kier molecular flexibility index (Phi) is 3.64. The van der Waals surface area contributed by atoms with E-state index in [1.165, 1.54) is 11.3 Å². The van der Waals surface area contributed by atoms with Crippen LogP contribution < -0.4 is 19.5 Å². The summed E-state index contributed by atoms with van der Waals surface area (Å²) in [5.41, 5.74) is 0.675. The first-order valence-electron chi connectivity index (χ1n) is 7.99. The first-order chi connectivity index (χ1) is 11.5. The van der Waals surface area contributed by atoms with Crippen LogP contribution in [0.1, 0.15) is 41.5 Å². The number of thiophene rings is 1. The van der Waals surface area contributed by atoms with Crippen molar-refractivity contribution in [1.29, 1.82) is 0 Å². The van der Waals surface area contributed by atoms with Crippen LogP contribution in [0.4, 0.5) is 0 Å². The van der Waals surface area contributed by atoms with E-state index in [-0.39, 0.29) is 17.6 Å². The molecule has 24 heavy (non-hydrogen) atoms. The summed E-state index contributed by atoms with van der Waals surface area (Å²) in [6.45, 7) is 5.06. The Morgan fingerprint density at radius 3 is 2.88 bits per heavy atom. The lowest BCUT2D eigenvalue weighted by Crippen LogP contribution is -2.41. The number of nitrogens with one attached hydrogen (secondary N) is 1. The molecule has 0 fully saturated rings. The van der Waals surface area contributed by atoms with Crippen molar-refractivity contribution >= 4 is 17.2 Å². The highest BCUT2D eigenvalue weighted by Crippen LogP contribution is 2.42. The number of carbonyl (C=O) groups excluding carboxylic acids is 1. The van der Waals surface area contributed by atoms with Crippen molar-refractivity contribution in [2.24, 2.45) is 0 Å². The first-order valence-corrected chi connectivity index (χ1v) is 8.87. The van der Waals surface area contributed by atoms with Gasteiger partial charge in [-0.3, -0.25) is 4.79 Å². The lowest BCUT2D eigenvalue weighted by molar-refractivity contribution is 0.0619. The van der Waals surface area contributed by atoms with Gasteiger partial charge in [0.1, 0.15) is 29.4 Å². The van der Waals surface area contributed by atoms with Crippen molar-refractivity contribution in [2.45, 2.75) is 31.9 Å². The minimum atomic E-state index is -0.333. The van der Waals surface area contributed by atoms with Gasteiger partial charge in [0.2, 0.25) is 0 Å². The van der Waals surface area contributed by atoms with Crippen LogP contribution in [0.5, 0.6) is 17.2 Å². The number of para-hydroxylation sites is 1. The summed E-state index contributed by atoms with van der Waals surface area (Å²) in [5, 5.41) is 4.96. The molecule has 1 aromatic heterocycles. The van der Waals surface area contributed by atoms with Crippen LogP contribution >= 0.6 is 11.3 Å². The number of hydrogen-bond acceptors (Lipinski definition) is 5. The zero-order valence-electron chi connectivity index (χ0n) is 13.6. The molecule has 1 unspecified atom stereocenters. The van der Waals surface area contributed by atoms with Crippen molar-refractivity contribution < 1.29 is 19.0 Å². The lowest BCUT2D eigenvalue weighted by atomic mass is 9.89. The lowest BCUT2D eigenvalue weighted by Gasteiger charge is -2.37. The van der Waals surface area contributed by atoms with Crippen LogP contribution in [0.2, 0.25) is 0 Å². The minimum Gasteiger partial charge on any atom is -0.487 e. The monoisotopic (exact) mass is 345 g/mol. The van der Waals surface area contributed by atoms with E-state index in [4.69, 9.17) is 14.2 Å². The largest absolute Gasteiger partial charge is 0.487 e. The van der Waals surface area contributed by atoms with Crippen LogP contribution in [-0.2, 0) is 0 Å². The standard InChI is InChI=1S/C18H19NO4S/c1-18(2)9-12(11-5-3-4-6-13(11)23-18)19-17(20)16-15-14(10-24-16)21-7-8-22-15/h3-6,10,12H,7-9H2,1-2H3,(H,19,20). The molecule has 0 saturated carbocycles. The van der Waals surface area contributed by atoms with Gasteiger partial charge in [0.25, 0.3) is 5.91 Å². The van der Waals surface area contributed by atoms with Gasteiger partial charge in [-0.2, -0.15) is 0 Å².